The summed E-state index contributed by atoms with van der Waals surface area (Å²) in [5.41, 5.74) is 1.99. The van der Waals surface area contributed by atoms with E-state index in [4.69, 9.17) is 0 Å². The van der Waals surface area contributed by atoms with Gasteiger partial charge in [-0.2, -0.15) is 0 Å². The molecule has 1 N–H and O–H groups in total. The normalized spacial score (nSPS) is 23.5. The summed E-state index contributed by atoms with van der Waals surface area (Å²) in [7, 11) is -1.32. The van der Waals surface area contributed by atoms with Gasteiger partial charge >= 0.3 is 0 Å². The predicted molar refractivity (Wildman–Crippen MR) is 136 cm³/mol. The van der Waals surface area contributed by atoms with Gasteiger partial charge in [0, 0.05) is 55.6 Å². The van der Waals surface area contributed by atoms with Gasteiger partial charge in [-0.3, -0.25) is 13.9 Å². The van der Waals surface area contributed by atoms with Crippen LogP contribution >= 0.6 is 0 Å². The number of piperazine rings is 1. The summed E-state index contributed by atoms with van der Waals surface area (Å²) in [5.74, 6) is 0.734. The number of likely N-dealkylation sites (tertiary alicyclic amines) is 1. The summed E-state index contributed by atoms with van der Waals surface area (Å²) < 4.78 is 13.4. The lowest BCUT2D eigenvalue weighted by atomic mass is 9.95. The van der Waals surface area contributed by atoms with E-state index in [0.29, 0.717) is 18.0 Å². The Bertz CT molecular complexity index is 866. The highest BCUT2D eigenvalue weighted by atomic mass is 32.2. The second-order valence-electron chi connectivity index (χ2n) is 9.74. The van der Waals surface area contributed by atoms with Gasteiger partial charge in [0.1, 0.15) is 5.75 Å². The lowest BCUT2D eigenvalue weighted by molar-refractivity contribution is -0.129. The van der Waals surface area contributed by atoms with Gasteiger partial charge in [-0.1, -0.05) is 60.7 Å². The molecule has 1 amide bonds. The molecular weight excluding hydrogens is 430 g/mol. The molecule has 2 heterocycles. The molecule has 0 aromatic heterocycles. The minimum Gasteiger partial charge on any atom is -0.342 e. The topological polar surface area (TPSA) is 52.7 Å². The second-order valence-corrected chi connectivity index (χ2v) is 11.3. The third-order valence-electron chi connectivity index (χ3n) is 6.85. The quantitative estimate of drug-likeness (QED) is 0.678. The van der Waals surface area contributed by atoms with Crippen LogP contribution in [0.25, 0.3) is 0 Å². The van der Waals surface area contributed by atoms with E-state index in [1.165, 1.54) is 0 Å². The molecule has 0 aliphatic carbocycles. The maximum absolute atomic E-state index is 13.4. The van der Waals surface area contributed by atoms with Crippen molar-refractivity contribution in [3.63, 3.8) is 0 Å². The van der Waals surface area contributed by atoms with Crippen LogP contribution in [0.2, 0.25) is 0 Å². The van der Waals surface area contributed by atoms with Crippen molar-refractivity contribution in [1.29, 1.82) is 0 Å². The van der Waals surface area contributed by atoms with Crippen molar-refractivity contribution in [2.45, 2.75) is 44.0 Å². The molecular formula is C27H37N3O2S. The van der Waals surface area contributed by atoms with Crippen LogP contribution in [0.1, 0.15) is 43.1 Å². The van der Waals surface area contributed by atoms with Gasteiger partial charge in [0.25, 0.3) is 0 Å². The molecule has 0 bridgehead atoms. The number of carbonyl (C=O) groups is 1. The van der Waals surface area contributed by atoms with Gasteiger partial charge in [-0.15, -0.1) is 0 Å². The number of nitrogens with one attached hydrogen (secondary N) is 1. The van der Waals surface area contributed by atoms with Crippen molar-refractivity contribution in [2.75, 3.05) is 38.5 Å². The summed E-state index contributed by atoms with van der Waals surface area (Å²) >= 11 is 0. The van der Waals surface area contributed by atoms with Crippen molar-refractivity contribution in [2.24, 2.45) is 5.92 Å². The Balaban J connectivity index is 1.33. The minimum atomic E-state index is -1.32. The van der Waals surface area contributed by atoms with Gasteiger partial charge in [0.2, 0.25) is 5.91 Å². The van der Waals surface area contributed by atoms with Crippen molar-refractivity contribution in [3.05, 3.63) is 71.8 Å². The van der Waals surface area contributed by atoms with Crippen LogP contribution < -0.4 is 5.32 Å². The van der Waals surface area contributed by atoms with Crippen LogP contribution in [0.3, 0.4) is 0 Å². The van der Waals surface area contributed by atoms with E-state index < -0.39 is 10.8 Å². The first kappa shape index (κ1) is 24.1. The smallest absolute Gasteiger partial charge is 0.235 e. The highest BCUT2D eigenvalue weighted by Gasteiger charge is 2.29. The molecule has 5 nitrogen and oxygen atoms in total. The molecule has 178 valence electrons. The van der Waals surface area contributed by atoms with Crippen LogP contribution in [0.5, 0.6) is 0 Å². The Morgan fingerprint density at radius 1 is 0.939 bits per heavy atom. The number of carbonyl (C=O) groups excluding carboxylic acids is 1. The third kappa shape index (κ3) is 6.52. The zero-order chi connectivity index (χ0) is 23.2. The maximum Gasteiger partial charge on any atom is 0.235 e. The fraction of sp³-hybridized carbons (Fsp3) is 0.519. The van der Waals surface area contributed by atoms with Crippen molar-refractivity contribution in [1.82, 2.24) is 15.1 Å². The van der Waals surface area contributed by atoms with E-state index in [-0.39, 0.29) is 16.9 Å². The van der Waals surface area contributed by atoms with Crippen LogP contribution in [0.15, 0.2) is 60.7 Å². The molecule has 2 saturated heterocycles. The standard InChI is InChI=1S/C27H37N3O2S/c1-21-17-29(18-22(2)28-21)19-23-13-15-30(16-14-23)26(31)20-33(32)27(24-9-5-3-6-10-24)25-11-7-4-8-12-25/h3-12,21-23,27-28H,13-20H2,1-2H3. The van der Waals surface area contributed by atoms with E-state index in [1.54, 1.807) is 0 Å². The molecule has 0 saturated carbocycles. The molecule has 2 aliphatic heterocycles. The fourth-order valence-electron chi connectivity index (χ4n) is 5.37. The molecule has 33 heavy (non-hydrogen) atoms. The van der Waals surface area contributed by atoms with E-state index >= 15 is 0 Å². The van der Waals surface area contributed by atoms with E-state index in [9.17, 15) is 9.00 Å². The fourth-order valence-corrected chi connectivity index (χ4v) is 6.88. The highest BCUT2D eigenvalue weighted by Crippen LogP contribution is 2.29. The lowest BCUT2D eigenvalue weighted by Gasteiger charge is -2.40. The first-order valence-electron chi connectivity index (χ1n) is 12.2. The van der Waals surface area contributed by atoms with E-state index in [2.05, 4.69) is 24.1 Å². The van der Waals surface area contributed by atoms with Crippen molar-refractivity contribution >= 4 is 16.7 Å². The summed E-state index contributed by atoms with van der Waals surface area (Å²) in [4.78, 5) is 17.6. The van der Waals surface area contributed by atoms with Crippen LogP contribution in [-0.2, 0) is 15.6 Å². The highest BCUT2D eigenvalue weighted by molar-refractivity contribution is 7.86. The Labute approximate surface area is 201 Å². The zero-order valence-corrected chi connectivity index (χ0v) is 20.7. The molecule has 0 radical (unpaired) electrons. The Morgan fingerprint density at radius 2 is 1.45 bits per heavy atom. The van der Waals surface area contributed by atoms with E-state index in [0.717, 1.165) is 56.7 Å². The lowest BCUT2D eigenvalue weighted by Crippen LogP contribution is -2.55. The minimum absolute atomic E-state index is 0.0214. The molecule has 4 rings (SSSR count). The number of amides is 1. The molecule has 2 aromatic rings. The average Bonchev–Trinajstić information content (AvgIpc) is 2.80. The van der Waals surface area contributed by atoms with Gasteiger partial charge < -0.3 is 10.2 Å². The summed E-state index contributed by atoms with van der Waals surface area (Å²) in [6, 6.07) is 20.9. The Morgan fingerprint density at radius 3 is 1.97 bits per heavy atom. The van der Waals surface area contributed by atoms with Gasteiger partial charge in [0.15, 0.2) is 0 Å². The van der Waals surface area contributed by atoms with Crippen LogP contribution in [0, 0.1) is 5.92 Å². The summed E-state index contributed by atoms with van der Waals surface area (Å²) in [6.07, 6.45) is 2.07. The maximum atomic E-state index is 13.4. The number of nitrogens with zero attached hydrogens (tertiary/aromatic N) is 2. The number of rotatable bonds is 7. The molecule has 2 aromatic carbocycles. The van der Waals surface area contributed by atoms with Gasteiger partial charge in [-0.25, -0.2) is 0 Å². The van der Waals surface area contributed by atoms with Gasteiger partial charge in [0.05, 0.1) is 5.25 Å². The number of hydrogen-bond acceptors (Lipinski definition) is 4. The number of benzene rings is 2. The molecule has 6 heteroatoms. The van der Waals surface area contributed by atoms with Crippen molar-refractivity contribution < 1.29 is 9.00 Å². The van der Waals surface area contributed by atoms with Crippen molar-refractivity contribution in [3.8, 4) is 0 Å². The predicted octanol–water partition coefficient (Wildman–Crippen LogP) is 3.45. The summed E-state index contributed by atoms with van der Waals surface area (Å²) in [6.45, 7) is 9.38. The SMILES string of the molecule is CC1CN(CC2CCN(C(=O)CS(=O)C(c3ccccc3)c3ccccc3)CC2)CC(C)N1. The number of hydrogen-bond donors (Lipinski definition) is 1. The first-order valence-corrected chi connectivity index (χ1v) is 13.6. The largest absolute Gasteiger partial charge is 0.342 e. The monoisotopic (exact) mass is 467 g/mol. The second kappa shape index (κ2) is 11.4. The number of piperidine rings is 1. The molecule has 2 aliphatic rings. The van der Waals surface area contributed by atoms with Crippen LogP contribution in [0.4, 0.5) is 0 Å². The molecule has 2 fully saturated rings. The molecule has 3 unspecified atom stereocenters. The zero-order valence-electron chi connectivity index (χ0n) is 19.9. The molecule has 0 spiro atoms. The van der Waals surface area contributed by atoms with Crippen LogP contribution in [-0.4, -0.2) is 70.5 Å². The Hall–Kier alpha value is -2.02. The van der Waals surface area contributed by atoms with Gasteiger partial charge in [-0.05, 0) is 43.7 Å². The summed E-state index contributed by atoms with van der Waals surface area (Å²) in [5, 5.41) is 3.31. The average molecular weight is 468 g/mol. The Kier molecular flexibility index (Phi) is 8.34. The van der Waals surface area contributed by atoms with E-state index in [1.807, 2.05) is 65.6 Å². The third-order valence-corrected chi connectivity index (χ3v) is 8.45. The first-order chi connectivity index (χ1) is 16.0. The molecule has 3 atom stereocenters.